The SMILES string of the molecule is COc1ccc(-c2nnc3sc(NC(=O)c4ccccc4)nn23)cc1OC. The van der Waals surface area contributed by atoms with Gasteiger partial charge in [0, 0.05) is 11.1 Å². The normalized spacial score (nSPS) is 10.7. The molecular formula is C18H15N5O3S. The van der Waals surface area contributed by atoms with E-state index in [9.17, 15) is 4.79 Å². The van der Waals surface area contributed by atoms with Crippen LogP contribution in [0, 0.1) is 0 Å². The fraction of sp³-hybridized carbons (Fsp3) is 0.111. The second-order valence-electron chi connectivity index (χ2n) is 5.52. The van der Waals surface area contributed by atoms with E-state index in [1.165, 1.54) is 11.3 Å². The zero-order valence-corrected chi connectivity index (χ0v) is 15.4. The van der Waals surface area contributed by atoms with Gasteiger partial charge in [-0.3, -0.25) is 10.1 Å². The number of hydrogen-bond donors (Lipinski definition) is 1. The van der Waals surface area contributed by atoms with Crippen LogP contribution in [0.15, 0.2) is 48.5 Å². The van der Waals surface area contributed by atoms with Gasteiger partial charge in [-0.15, -0.1) is 15.3 Å². The van der Waals surface area contributed by atoms with Gasteiger partial charge in [0.05, 0.1) is 14.2 Å². The van der Waals surface area contributed by atoms with Crippen molar-refractivity contribution in [1.82, 2.24) is 19.8 Å². The summed E-state index contributed by atoms with van der Waals surface area (Å²) in [6, 6.07) is 14.4. The van der Waals surface area contributed by atoms with Crippen molar-refractivity contribution in [3.63, 3.8) is 0 Å². The number of benzene rings is 2. The Bertz CT molecular complexity index is 1110. The van der Waals surface area contributed by atoms with E-state index in [2.05, 4.69) is 20.6 Å². The number of methoxy groups -OCH3 is 2. The second-order valence-corrected chi connectivity index (χ2v) is 6.47. The summed E-state index contributed by atoms with van der Waals surface area (Å²) >= 11 is 1.24. The molecule has 0 unspecified atom stereocenters. The maximum absolute atomic E-state index is 12.3. The first-order valence-corrected chi connectivity index (χ1v) is 8.82. The lowest BCUT2D eigenvalue weighted by Gasteiger charge is -2.08. The molecule has 0 radical (unpaired) electrons. The van der Waals surface area contributed by atoms with Gasteiger partial charge in [0.15, 0.2) is 17.3 Å². The van der Waals surface area contributed by atoms with Gasteiger partial charge >= 0.3 is 0 Å². The number of amides is 1. The molecule has 0 aliphatic carbocycles. The van der Waals surface area contributed by atoms with E-state index in [4.69, 9.17) is 9.47 Å². The Hall–Kier alpha value is -3.46. The van der Waals surface area contributed by atoms with Crippen LogP contribution in [0.5, 0.6) is 11.5 Å². The van der Waals surface area contributed by atoms with Gasteiger partial charge in [-0.2, -0.15) is 4.52 Å². The van der Waals surface area contributed by atoms with Crippen LogP contribution in [0.4, 0.5) is 5.13 Å². The van der Waals surface area contributed by atoms with Gasteiger partial charge in [-0.1, -0.05) is 29.5 Å². The van der Waals surface area contributed by atoms with Gasteiger partial charge in [-0.25, -0.2) is 0 Å². The van der Waals surface area contributed by atoms with Crippen LogP contribution in [0.3, 0.4) is 0 Å². The fourth-order valence-corrected chi connectivity index (χ4v) is 3.32. The van der Waals surface area contributed by atoms with E-state index in [-0.39, 0.29) is 5.91 Å². The lowest BCUT2D eigenvalue weighted by molar-refractivity contribution is 0.102. The summed E-state index contributed by atoms with van der Waals surface area (Å²) in [6.07, 6.45) is 0. The lowest BCUT2D eigenvalue weighted by Crippen LogP contribution is -2.11. The maximum atomic E-state index is 12.3. The van der Waals surface area contributed by atoms with Crippen LogP contribution in [0.2, 0.25) is 0 Å². The third kappa shape index (κ3) is 3.20. The van der Waals surface area contributed by atoms with E-state index in [0.29, 0.717) is 33.0 Å². The minimum atomic E-state index is -0.228. The summed E-state index contributed by atoms with van der Waals surface area (Å²) in [4.78, 5) is 12.9. The van der Waals surface area contributed by atoms with Crippen molar-refractivity contribution in [2.24, 2.45) is 0 Å². The molecule has 0 aliphatic rings. The molecule has 136 valence electrons. The Labute approximate surface area is 158 Å². The first kappa shape index (κ1) is 17.0. The number of hydrogen-bond acceptors (Lipinski definition) is 7. The van der Waals surface area contributed by atoms with Gasteiger partial charge in [0.1, 0.15) is 0 Å². The average Bonchev–Trinajstić information content (AvgIpc) is 3.28. The molecule has 4 aromatic rings. The third-order valence-electron chi connectivity index (χ3n) is 3.89. The number of carbonyl (C=O) groups is 1. The predicted octanol–water partition coefficient (Wildman–Crippen LogP) is 3.12. The summed E-state index contributed by atoms with van der Waals surface area (Å²) in [7, 11) is 3.15. The molecule has 0 fully saturated rings. The number of anilines is 1. The van der Waals surface area contributed by atoms with Crippen molar-refractivity contribution >= 4 is 27.3 Å². The summed E-state index contributed by atoms with van der Waals surface area (Å²) in [5.74, 6) is 1.52. The van der Waals surface area contributed by atoms with Crippen molar-refractivity contribution in [2.75, 3.05) is 19.5 Å². The van der Waals surface area contributed by atoms with Crippen LogP contribution >= 0.6 is 11.3 Å². The first-order valence-electron chi connectivity index (χ1n) is 8.00. The fourth-order valence-electron chi connectivity index (χ4n) is 2.58. The number of ether oxygens (including phenoxy) is 2. The largest absolute Gasteiger partial charge is 0.493 e. The summed E-state index contributed by atoms with van der Waals surface area (Å²) in [6.45, 7) is 0. The molecule has 0 spiro atoms. The zero-order valence-electron chi connectivity index (χ0n) is 14.5. The van der Waals surface area contributed by atoms with Gasteiger partial charge in [0.2, 0.25) is 10.1 Å². The van der Waals surface area contributed by atoms with E-state index < -0.39 is 0 Å². The molecule has 1 amide bonds. The number of carbonyl (C=O) groups excluding carboxylic acids is 1. The number of rotatable bonds is 5. The monoisotopic (exact) mass is 381 g/mol. The van der Waals surface area contributed by atoms with E-state index in [0.717, 1.165) is 5.56 Å². The standard InChI is InChI=1S/C18H15N5O3S/c1-25-13-9-8-12(10-14(13)26-2)15-20-21-18-23(15)22-17(27-18)19-16(24)11-6-4-3-5-7-11/h3-10H,1-2H3,(H,19,22,24). The quantitative estimate of drug-likeness (QED) is 0.571. The Morgan fingerprint density at radius 3 is 2.56 bits per heavy atom. The van der Waals surface area contributed by atoms with Gasteiger partial charge in [-0.05, 0) is 30.3 Å². The molecule has 1 N–H and O–H groups in total. The van der Waals surface area contributed by atoms with Crippen LogP contribution in [-0.4, -0.2) is 39.9 Å². The minimum absolute atomic E-state index is 0.228. The second kappa shape index (κ2) is 7.04. The minimum Gasteiger partial charge on any atom is -0.493 e. The molecular weight excluding hydrogens is 366 g/mol. The topological polar surface area (TPSA) is 90.6 Å². The summed E-state index contributed by atoms with van der Waals surface area (Å²) < 4.78 is 12.2. The molecule has 0 saturated heterocycles. The van der Waals surface area contributed by atoms with Crippen LogP contribution in [0.25, 0.3) is 16.3 Å². The van der Waals surface area contributed by atoms with Crippen molar-refractivity contribution < 1.29 is 14.3 Å². The van der Waals surface area contributed by atoms with Gasteiger partial charge < -0.3 is 9.47 Å². The molecule has 27 heavy (non-hydrogen) atoms. The molecule has 9 heteroatoms. The highest BCUT2D eigenvalue weighted by molar-refractivity contribution is 7.20. The summed E-state index contributed by atoms with van der Waals surface area (Å²) in [5.41, 5.74) is 1.33. The van der Waals surface area contributed by atoms with Gasteiger partial charge in [0.25, 0.3) is 5.91 Å². The molecule has 0 aliphatic heterocycles. The Kier molecular flexibility index (Phi) is 4.43. The average molecular weight is 381 g/mol. The molecule has 0 saturated carbocycles. The number of fused-ring (bicyclic) bond motifs is 1. The highest BCUT2D eigenvalue weighted by atomic mass is 32.1. The lowest BCUT2D eigenvalue weighted by atomic mass is 10.2. The number of nitrogens with one attached hydrogen (secondary N) is 1. The van der Waals surface area contributed by atoms with Crippen molar-refractivity contribution in [1.29, 1.82) is 0 Å². The van der Waals surface area contributed by atoms with Crippen LogP contribution < -0.4 is 14.8 Å². The maximum Gasteiger partial charge on any atom is 0.257 e. The molecule has 8 nitrogen and oxygen atoms in total. The molecule has 2 heterocycles. The number of aromatic nitrogens is 4. The van der Waals surface area contributed by atoms with E-state index >= 15 is 0 Å². The zero-order chi connectivity index (χ0) is 18.8. The first-order chi connectivity index (χ1) is 13.2. The summed E-state index contributed by atoms with van der Waals surface area (Å²) in [5, 5.41) is 16.0. The smallest absolute Gasteiger partial charge is 0.257 e. The van der Waals surface area contributed by atoms with Crippen molar-refractivity contribution in [2.45, 2.75) is 0 Å². The molecule has 2 aromatic carbocycles. The Morgan fingerprint density at radius 1 is 1.04 bits per heavy atom. The number of nitrogens with zero attached hydrogens (tertiary/aromatic N) is 4. The highest BCUT2D eigenvalue weighted by Gasteiger charge is 2.17. The molecule has 0 atom stereocenters. The van der Waals surface area contributed by atoms with Crippen LogP contribution in [-0.2, 0) is 0 Å². The Morgan fingerprint density at radius 2 is 1.81 bits per heavy atom. The van der Waals surface area contributed by atoms with E-state index in [1.54, 1.807) is 43.0 Å². The van der Waals surface area contributed by atoms with Crippen molar-refractivity contribution in [3.05, 3.63) is 54.1 Å². The molecule has 2 aromatic heterocycles. The predicted molar refractivity (Wildman–Crippen MR) is 102 cm³/mol. The van der Waals surface area contributed by atoms with Crippen LogP contribution in [0.1, 0.15) is 10.4 Å². The third-order valence-corrected chi connectivity index (χ3v) is 4.70. The molecule has 0 bridgehead atoms. The highest BCUT2D eigenvalue weighted by Crippen LogP contribution is 2.32. The van der Waals surface area contributed by atoms with Crippen molar-refractivity contribution in [3.8, 4) is 22.9 Å². The molecule has 4 rings (SSSR count). The van der Waals surface area contributed by atoms with E-state index in [1.807, 2.05) is 24.3 Å². The Balaban J connectivity index is 1.66.